The average molecular weight is 481 g/mol. The van der Waals surface area contributed by atoms with Crippen LogP contribution in [0, 0.1) is 0 Å². The third kappa shape index (κ3) is 7.61. The lowest BCUT2D eigenvalue weighted by Gasteiger charge is -2.33. The number of nitrogens with one attached hydrogen (secondary N) is 1. The average Bonchev–Trinajstić information content (AvgIpc) is 2.72. The van der Waals surface area contributed by atoms with Crippen LogP contribution in [0.2, 0.25) is 10.0 Å². The van der Waals surface area contributed by atoms with Crippen molar-refractivity contribution in [1.29, 1.82) is 0 Å². The molecule has 32 heavy (non-hydrogen) atoms. The molecule has 0 spiro atoms. The van der Waals surface area contributed by atoms with Crippen molar-refractivity contribution in [2.45, 2.75) is 52.2 Å². The molecule has 0 aromatic heterocycles. The fourth-order valence-corrected chi connectivity index (χ4v) is 3.58. The molecule has 8 heteroatoms. The standard InChI is InChI=1S/C24H30Cl2N2O4/c1-6-20(23(30)27-24(2,3)4)28(14-16-7-10-18(31-5)11-8-16)22(29)15-32-21-12-9-17(25)13-19(21)26/h7-13,20H,6,14-15H2,1-5H3,(H,27,30)/t20-/m0/s1. The molecule has 0 saturated carbocycles. The molecule has 1 N–H and O–H groups in total. The van der Waals surface area contributed by atoms with E-state index >= 15 is 0 Å². The summed E-state index contributed by atoms with van der Waals surface area (Å²) in [6.45, 7) is 7.56. The first-order valence-electron chi connectivity index (χ1n) is 10.4. The number of carbonyl (C=O) groups is 2. The molecule has 0 fully saturated rings. The maximum atomic E-state index is 13.2. The fourth-order valence-electron chi connectivity index (χ4n) is 3.11. The van der Waals surface area contributed by atoms with Gasteiger partial charge in [0.15, 0.2) is 6.61 Å². The first-order chi connectivity index (χ1) is 15.0. The summed E-state index contributed by atoms with van der Waals surface area (Å²) < 4.78 is 10.9. The SMILES string of the molecule is CC[C@@H](C(=O)NC(C)(C)C)N(Cc1ccc(OC)cc1)C(=O)COc1ccc(Cl)cc1Cl. The predicted molar refractivity (Wildman–Crippen MR) is 127 cm³/mol. The van der Waals surface area contributed by atoms with Crippen molar-refractivity contribution >= 4 is 35.0 Å². The van der Waals surface area contributed by atoms with Crippen LogP contribution in [0.4, 0.5) is 0 Å². The van der Waals surface area contributed by atoms with Crippen LogP contribution in [0.1, 0.15) is 39.7 Å². The highest BCUT2D eigenvalue weighted by Crippen LogP contribution is 2.27. The molecule has 0 unspecified atom stereocenters. The van der Waals surface area contributed by atoms with Crippen molar-refractivity contribution in [3.8, 4) is 11.5 Å². The Balaban J connectivity index is 2.25. The number of hydrogen-bond acceptors (Lipinski definition) is 4. The summed E-state index contributed by atoms with van der Waals surface area (Å²) in [4.78, 5) is 27.7. The minimum atomic E-state index is -0.659. The van der Waals surface area contributed by atoms with Gasteiger partial charge in [-0.15, -0.1) is 0 Å². The van der Waals surface area contributed by atoms with Crippen LogP contribution in [0.3, 0.4) is 0 Å². The molecule has 174 valence electrons. The number of nitrogens with zero attached hydrogens (tertiary/aromatic N) is 1. The fraction of sp³-hybridized carbons (Fsp3) is 0.417. The lowest BCUT2D eigenvalue weighted by atomic mass is 10.1. The van der Waals surface area contributed by atoms with E-state index in [4.69, 9.17) is 32.7 Å². The smallest absolute Gasteiger partial charge is 0.261 e. The molecule has 0 heterocycles. The molecule has 0 aliphatic heterocycles. The molecule has 6 nitrogen and oxygen atoms in total. The number of halogens is 2. The van der Waals surface area contributed by atoms with E-state index < -0.39 is 11.6 Å². The molecule has 0 radical (unpaired) electrons. The summed E-state index contributed by atoms with van der Waals surface area (Å²) >= 11 is 12.1. The van der Waals surface area contributed by atoms with Gasteiger partial charge < -0.3 is 19.7 Å². The van der Waals surface area contributed by atoms with Crippen molar-refractivity contribution < 1.29 is 19.1 Å². The molecule has 0 saturated heterocycles. The molecule has 2 aromatic rings. The van der Waals surface area contributed by atoms with Crippen LogP contribution < -0.4 is 14.8 Å². The van der Waals surface area contributed by atoms with Crippen LogP contribution in [0.5, 0.6) is 11.5 Å². The van der Waals surface area contributed by atoms with Crippen LogP contribution in [-0.2, 0) is 16.1 Å². The lowest BCUT2D eigenvalue weighted by molar-refractivity contribution is -0.143. The number of rotatable bonds is 9. The van der Waals surface area contributed by atoms with E-state index in [0.717, 1.165) is 5.56 Å². The molecule has 2 amide bonds. The van der Waals surface area contributed by atoms with Crippen LogP contribution >= 0.6 is 23.2 Å². The predicted octanol–water partition coefficient (Wildman–Crippen LogP) is 5.10. The van der Waals surface area contributed by atoms with Gasteiger partial charge in [0.05, 0.1) is 12.1 Å². The van der Waals surface area contributed by atoms with Gasteiger partial charge in [-0.05, 0) is 63.1 Å². The van der Waals surface area contributed by atoms with Crippen molar-refractivity contribution in [2.24, 2.45) is 0 Å². The van der Waals surface area contributed by atoms with Gasteiger partial charge in [-0.2, -0.15) is 0 Å². The molecule has 0 bridgehead atoms. The Bertz CT molecular complexity index is 927. The normalized spacial score (nSPS) is 12.1. The second kappa shape index (κ2) is 11.4. The Kier molecular flexibility index (Phi) is 9.22. The Morgan fingerprint density at radius 1 is 1.09 bits per heavy atom. The van der Waals surface area contributed by atoms with E-state index in [1.807, 2.05) is 52.0 Å². The number of ether oxygens (including phenoxy) is 2. The molecular weight excluding hydrogens is 451 g/mol. The van der Waals surface area contributed by atoms with Crippen molar-refractivity contribution in [3.63, 3.8) is 0 Å². The monoisotopic (exact) mass is 480 g/mol. The number of methoxy groups -OCH3 is 1. The van der Waals surface area contributed by atoms with Crippen LogP contribution in [0.25, 0.3) is 0 Å². The van der Waals surface area contributed by atoms with Gasteiger partial charge in [0.2, 0.25) is 5.91 Å². The Hall–Kier alpha value is -2.44. The third-order valence-electron chi connectivity index (χ3n) is 4.64. The summed E-state index contributed by atoms with van der Waals surface area (Å²) in [7, 11) is 1.59. The molecule has 0 aliphatic carbocycles. The van der Waals surface area contributed by atoms with Gasteiger partial charge >= 0.3 is 0 Å². The Labute approximate surface area is 199 Å². The number of carbonyl (C=O) groups excluding carboxylic acids is 2. The second-order valence-corrected chi connectivity index (χ2v) is 9.24. The minimum absolute atomic E-state index is 0.216. The van der Waals surface area contributed by atoms with E-state index in [9.17, 15) is 9.59 Å². The first kappa shape index (κ1) is 25.8. The van der Waals surface area contributed by atoms with E-state index in [1.165, 1.54) is 4.90 Å². The number of benzene rings is 2. The molecule has 2 aromatic carbocycles. The van der Waals surface area contributed by atoms with Crippen molar-refractivity contribution in [1.82, 2.24) is 10.2 Å². The zero-order valence-corrected chi connectivity index (χ0v) is 20.6. The van der Waals surface area contributed by atoms with Gasteiger partial charge in [0.1, 0.15) is 17.5 Å². The number of hydrogen-bond donors (Lipinski definition) is 1. The maximum Gasteiger partial charge on any atom is 0.261 e. The van der Waals surface area contributed by atoms with Gasteiger partial charge in [-0.3, -0.25) is 9.59 Å². The van der Waals surface area contributed by atoms with Crippen LogP contribution in [-0.4, -0.2) is 42.0 Å². The summed E-state index contributed by atoms with van der Waals surface area (Å²) in [5.41, 5.74) is 0.442. The highest BCUT2D eigenvalue weighted by atomic mass is 35.5. The molecule has 1 atom stereocenters. The van der Waals surface area contributed by atoms with E-state index in [1.54, 1.807) is 25.3 Å². The second-order valence-electron chi connectivity index (χ2n) is 8.40. The van der Waals surface area contributed by atoms with Crippen molar-refractivity contribution in [3.05, 3.63) is 58.1 Å². The van der Waals surface area contributed by atoms with Gasteiger partial charge in [-0.1, -0.05) is 42.3 Å². The number of amides is 2. The highest BCUT2D eigenvalue weighted by molar-refractivity contribution is 6.35. The van der Waals surface area contributed by atoms with E-state index in [-0.39, 0.29) is 25.0 Å². The van der Waals surface area contributed by atoms with Crippen LogP contribution in [0.15, 0.2) is 42.5 Å². The summed E-state index contributed by atoms with van der Waals surface area (Å²) in [6, 6.07) is 11.5. The van der Waals surface area contributed by atoms with E-state index in [0.29, 0.717) is 28.0 Å². The molecule has 2 rings (SSSR count). The molecular formula is C24H30Cl2N2O4. The van der Waals surface area contributed by atoms with Gasteiger partial charge in [-0.25, -0.2) is 0 Å². The zero-order chi connectivity index (χ0) is 23.9. The highest BCUT2D eigenvalue weighted by Gasteiger charge is 2.31. The summed E-state index contributed by atoms with van der Waals surface area (Å²) in [5, 5.41) is 3.75. The Morgan fingerprint density at radius 3 is 2.28 bits per heavy atom. The maximum absolute atomic E-state index is 13.2. The summed E-state index contributed by atoms with van der Waals surface area (Å²) in [6.07, 6.45) is 0.450. The van der Waals surface area contributed by atoms with Gasteiger partial charge in [0.25, 0.3) is 5.91 Å². The zero-order valence-electron chi connectivity index (χ0n) is 19.1. The molecule has 0 aliphatic rings. The Morgan fingerprint density at radius 2 is 1.75 bits per heavy atom. The largest absolute Gasteiger partial charge is 0.497 e. The first-order valence-corrected chi connectivity index (χ1v) is 11.1. The van der Waals surface area contributed by atoms with Gasteiger partial charge in [0, 0.05) is 17.1 Å². The lowest BCUT2D eigenvalue weighted by Crippen LogP contribution is -2.54. The topological polar surface area (TPSA) is 67.9 Å². The third-order valence-corrected chi connectivity index (χ3v) is 5.17. The quantitative estimate of drug-likeness (QED) is 0.541. The van der Waals surface area contributed by atoms with Crippen molar-refractivity contribution in [2.75, 3.05) is 13.7 Å². The summed E-state index contributed by atoms with van der Waals surface area (Å²) in [5.74, 6) is 0.514. The van der Waals surface area contributed by atoms with E-state index in [2.05, 4.69) is 5.32 Å². The minimum Gasteiger partial charge on any atom is -0.497 e.